The molecule has 1 aliphatic heterocycles. The minimum Gasteiger partial charge on any atom is -0.399 e. The molecule has 1 unspecified atom stereocenters. The van der Waals surface area contributed by atoms with Crippen molar-refractivity contribution in [3.8, 4) is 0 Å². The van der Waals surface area contributed by atoms with Crippen LogP contribution in [0.2, 0.25) is 0 Å². The first-order chi connectivity index (χ1) is 10.1. The van der Waals surface area contributed by atoms with Crippen LogP contribution < -0.4 is 5.73 Å². The summed E-state index contributed by atoms with van der Waals surface area (Å²) in [4.78, 5) is 12.9. The molecule has 1 aromatic carbocycles. The first-order valence-electron chi connectivity index (χ1n) is 7.75. The SMILES string of the molecule is CN1CCCC(N(C)CCc2nc3ccc(N)cc3[nH]2)C1. The highest BCUT2D eigenvalue weighted by Crippen LogP contribution is 2.16. The van der Waals surface area contributed by atoms with Crippen molar-refractivity contribution in [2.75, 3.05) is 39.5 Å². The lowest BCUT2D eigenvalue weighted by Crippen LogP contribution is -2.45. The molecule has 21 heavy (non-hydrogen) atoms. The highest BCUT2D eigenvalue weighted by atomic mass is 15.2. The van der Waals surface area contributed by atoms with Crippen molar-refractivity contribution in [2.45, 2.75) is 25.3 Å². The van der Waals surface area contributed by atoms with Crippen molar-refractivity contribution in [1.29, 1.82) is 0 Å². The fourth-order valence-electron chi connectivity index (χ4n) is 3.16. The lowest BCUT2D eigenvalue weighted by atomic mass is 10.1. The van der Waals surface area contributed by atoms with Crippen LogP contribution in [0.5, 0.6) is 0 Å². The monoisotopic (exact) mass is 287 g/mol. The van der Waals surface area contributed by atoms with Crippen molar-refractivity contribution in [3.05, 3.63) is 24.0 Å². The Balaban J connectivity index is 1.60. The number of benzene rings is 1. The molecule has 2 heterocycles. The van der Waals surface area contributed by atoms with Crippen molar-refractivity contribution in [3.63, 3.8) is 0 Å². The highest BCUT2D eigenvalue weighted by molar-refractivity contribution is 5.78. The topological polar surface area (TPSA) is 61.2 Å². The largest absolute Gasteiger partial charge is 0.399 e. The summed E-state index contributed by atoms with van der Waals surface area (Å²) in [5.41, 5.74) is 8.61. The van der Waals surface area contributed by atoms with Crippen LogP contribution in [0.4, 0.5) is 5.69 Å². The third-order valence-corrected chi connectivity index (χ3v) is 4.48. The normalized spacial score (nSPS) is 20.4. The lowest BCUT2D eigenvalue weighted by molar-refractivity contribution is 0.135. The molecular formula is C16H25N5. The van der Waals surface area contributed by atoms with Gasteiger partial charge in [-0.2, -0.15) is 0 Å². The van der Waals surface area contributed by atoms with Crippen molar-refractivity contribution in [2.24, 2.45) is 0 Å². The van der Waals surface area contributed by atoms with Gasteiger partial charge in [-0.05, 0) is 51.7 Å². The molecule has 1 saturated heterocycles. The molecule has 3 rings (SSSR count). The summed E-state index contributed by atoms with van der Waals surface area (Å²) < 4.78 is 0. The van der Waals surface area contributed by atoms with Gasteiger partial charge in [-0.25, -0.2) is 4.98 Å². The Morgan fingerprint density at radius 1 is 1.48 bits per heavy atom. The highest BCUT2D eigenvalue weighted by Gasteiger charge is 2.20. The van der Waals surface area contributed by atoms with E-state index in [0.717, 1.165) is 35.5 Å². The van der Waals surface area contributed by atoms with E-state index in [4.69, 9.17) is 5.73 Å². The number of H-pyrrole nitrogens is 1. The summed E-state index contributed by atoms with van der Waals surface area (Å²) in [6.07, 6.45) is 3.55. The number of piperidine rings is 1. The van der Waals surface area contributed by atoms with Crippen LogP contribution in [-0.4, -0.2) is 59.5 Å². The summed E-state index contributed by atoms with van der Waals surface area (Å²) >= 11 is 0. The van der Waals surface area contributed by atoms with Gasteiger partial charge in [0, 0.05) is 31.2 Å². The maximum absolute atomic E-state index is 5.81. The molecule has 5 heteroatoms. The second-order valence-electron chi connectivity index (χ2n) is 6.25. The molecular weight excluding hydrogens is 262 g/mol. The van der Waals surface area contributed by atoms with Gasteiger partial charge in [-0.15, -0.1) is 0 Å². The fourth-order valence-corrected chi connectivity index (χ4v) is 3.16. The number of rotatable bonds is 4. The number of aromatic amines is 1. The molecule has 5 nitrogen and oxygen atoms in total. The summed E-state index contributed by atoms with van der Waals surface area (Å²) in [5.74, 6) is 1.05. The molecule has 1 atom stereocenters. The average Bonchev–Trinajstić information content (AvgIpc) is 2.86. The maximum Gasteiger partial charge on any atom is 0.108 e. The molecule has 1 aromatic heterocycles. The summed E-state index contributed by atoms with van der Waals surface area (Å²) in [6, 6.07) is 6.50. The number of hydrogen-bond donors (Lipinski definition) is 2. The number of nitrogens with zero attached hydrogens (tertiary/aromatic N) is 3. The lowest BCUT2D eigenvalue weighted by Gasteiger charge is -2.35. The first-order valence-corrected chi connectivity index (χ1v) is 7.75. The Morgan fingerprint density at radius 3 is 3.14 bits per heavy atom. The van der Waals surface area contributed by atoms with E-state index in [1.165, 1.54) is 25.9 Å². The number of nitrogen functional groups attached to an aromatic ring is 1. The van der Waals surface area contributed by atoms with Gasteiger partial charge in [-0.1, -0.05) is 0 Å². The van der Waals surface area contributed by atoms with Gasteiger partial charge in [0.15, 0.2) is 0 Å². The molecule has 1 aliphatic rings. The zero-order valence-corrected chi connectivity index (χ0v) is 13.0. The van der Waals surface area contributed by atoms with Crippen LogP contribution in [0.3, 0.4) is 0 Å². The van der Waals surface area contributed by atoms with Gasteiger partial charge in [-0.3, -0.25) is 0 Å². The molecule has 1 fully saturated rings. The molecule has 3 N–H and O–H groups in total. The number of nitrogens with one attached hydrogen (secondary N) is 1. The Kier molecular flexibility index (Phi) is 4.12. The molecule has 0 bridgehead atoms. The van der Waals surface area contributed by atoms with E-state index in [2.05, 4.69) is 33.9 Å². The summed E-state index contributed by atoms with van der Waals surface area (Å²) in [7, 11) is 4.44. The summed E-state index contributed by atoms with van der Waals surface area (Å²) in [6.45, 7) is 3.44. The smallest absolute Gasteiger partial charge is 0.108 e. The van der Waals surface area contributed by atoms with E-state index in [0.29, 0.717) is 6.04 Å². The molecule has 0 amide bonds. The van der Waals surface area contributed by atoms with E-state index in [9.17, 15) is 0 Å². The third kappa shape index (κ3) is 3.36. The van der Waals surface area contributed by atoms with E-state index < -0.39 is 0 Å². The minimum atomic E-state index is 0.670. The summed E-state index contributed by atoms with van der Waals surface area (Å²) in [5, 5.41) is 0. The zero-order chi connectivity index (χ0) is 14.8. The minimum absolute atomic E-state index is 0.670. The van der Waals surface area contributed by atoms with Crippen LogP contribution in [-0.2, 0) is 6.42 Å². The predicted molar refractivity (Wildman–Crippen MR) is 87.4 cm³/mol. The number of likely N-dealkylation sites (N-methyl/N-ethyl adjacent to an activating group) is 2. The van der Waals surface area contributed by atoms with Crippen LogP contribution in [0.15, 0.2) is 18.2 Å². The third-order valence-electron chi connectivity index (χ3n) is 4.48. The average molecular weight is 287 g/mol. The van der Waals surface area contributed by atoms with Crippen LogP contribution in [0, 0.1) is 0 Å². The van der Waals surface area contributed by atoms with Crippen molar-refractivity contribution < 1.29 is 0 Å². The molecule has 0 saturated carbocycles. The molecule has 114 valence electrons. The van der Waals surface area contributed by atoms with Gasteiger partial charge < -0.3 is 20.5 Å². The molecule has 0 aliphatic carbocycles. The number of aromatic nitrogens is 2. The van der Waals surface area contributed by atoms with Crippen molar-refractivity contribution >= 4 is 16.7 Å². The number of nitrogens with two attached hydrogens (primary N) is 1. The first kappa shape index (κ1) is 14.4. The Hall–Kier alpha value is -1.59. The zero-order valence-electron chi connectivity index (χ0n) is 13.0. The van der Waals surface area contributed by atoms with E-state index >= 15 is 0 Å². The van der Waals surface area contributed by atoms with Gasteiger partial charge in [0.25, 0.3) is 0 Å². The van der Waals surface area contributed by atoms with Gasteiger partial charge in [0.2, 0.25) is 0 Å². The van der Waals surface area contributed by atoms with E-state index in [1.54, 1.807) is 0 Å². The van der Waals surface area contributed by atoms with Crippen LogP contribution in [0.1, 0.15) is 18.7 Å². The Bertz CT molecular complexity index is 606. The van der Waals surface area contributed by atoms with Gasteiger partial charge >= 0.3 is 0 Å². The Morgan fingerprint density at radius 2 is 2.33 bits per heavy atom. The number of anilines is 1. The number of fused-ring (bicyclic) bond motifs is 1. The Labute approximate surface area is 126 Å². The van der Waals surface area contributed by atoms with E-state index in [1.807, 2.05) is 18.2 Å². The second-order valence-corrected chi connectivity index (χ2v) is 6.25. The molecule has 2 aromatic rings. The molecule has 0 spiro atoms. The standard InChI is InChI=1S/C16H25N5/c1-20-8-3-4-13(11-20)21(2)9-7-16-18-14-6-5-12(17)10-15(14)19-16/h5-6,10,13H,3-4,7-9,11,17H2,1-2H3,(H,18,19). The molecule has 0 radical (unpaired) electrons. The number of likely N-dealkylation sites (tertiary alicyclic amines) is 1. The van der Waals surface area contributed by atoms with Crippen LogP contribution in [0.25, 0.3) is 11.0 Å². The van der Waals surface area contributed by atoms with Gasteiger partial charge in [0.1, 0.15) is 5.82 Å². The second kappa shape index (κ2) is 6.03. The van der Waals surface area contributed by atoms with Gasteiger partial charge in [0.05, 0.1) is 11.0 Å². The maximum atomic E-state index is 5.81. The van der Waals surface area contributed by atoms with E-state index in [-0.39, 0.29) is 0 Å². The number of hydrogen-bond acceptors (Lipinski definition) is 4. The quantitative estimate of drug-likeness (QED) is 0.841. The predicted octanol–water partition coefficient (Wildman–Crippen LogP) is 1.71. The number of imidazole rings is 1. The van der Waals surface area contributed by atoms with Crippen molar-refractivity contribution in [1.82, 2.24) is 19.8 Å². The van der Waals surface area contributed by atoms with Crippen LogP contribution >= 0.6 is 0 Å². The fraction of sp³-hybridized carbons (Fsp3) is 0.562.